The molecule has 2 rings (SSSR count). The zero-order valence-corrected chi connectivity index (χ0v) is 20.5. The van der Waals surface area contributed by atoms with Crippen LogP contribution in [0.1, 0.15) is 32.8 Å². The SMILES string of the molecule is CCC(C(=O)NC(C)C)N(Cc1cccc(OC)c1)C(=O)COc1ccc(Br)cc1Cl. The molecule has 8 heteroatoms. The van der Waals surface area contributed by atoms with Gasteiger partial charge in [0, 0.05) is 17.1 Å². The van der Waals surface area contributed by atoms with Gasteiger partial charge < -0.3 is 19.7 Å². The van der Waals surface area contributed by atoms with E-state index in [1.54, 1.807) is 30.2 Å². The van der Waals surface area contributed by atoms with Gasteiger partial charge in [0.25, 0.3) is 5.91 Å². The third kappa shape index (κ3) is 7.43. The lowest BCUT2D eigenvalue weighted by molar-refractivity contribution is -0.143. The second-order valence-electron chi connectivity index (χ2n) is 7.32. The van der Waals surface area contributed by atoms with Crippen molar-refractivity contribution in [3.8, 4) is 11.5 Å². The van der Waals surface area contributed by atoms with Gasteiger partial charge >= 0.3 is 0 Å². The number of halogens is 2. The lowest BCUT2D eigenvalue weighted by Crippen LogP contribution is -2.51. The molecule has 2 aromatic carbocycles. The van der Waals surface area contributed by atoms with Crippen LogP contribution in [0.2, 0.25) is 5.02 Å². The summed E-state index contributed by atoms with van der Waals surface area (Å²) in [7, 11) is 1.59. The first-order valence-corrected chi connectivity index (χ1v) is 11.2. The van der Waals surface area contributed by atoms with E-state index in [0.29, 0.717) is 22.9 Å². The van der Waals surface area contributed by atoms with Gasteiger partial charge in [-0.2, -0.15) is 0 Å². The van der Waals surface area contributed by atoms with E-state index in [9.17, 15) is 9.59 Å². The number of nitrogens with zero attached hydrogens (tertiary/aromatic N) is 1. The van der Waals surface area contributed by atoms with E-state index in [2.05, 4.69) is 21.2 Å². The van der Waals surface area contributed by atoms with Gasteiger partial charge in [0.1, 0.15) is 17.5 Å². The molecule has 2 amide bonds. The van der Waals surface area contributed by atoms with Gasteiger partial charge in [-0.25, -0.2) is 0 Å². The Labute approximate surface area is 197 Å². The van der Waals surface area contributed by atoms with Crippen LogP contribution in [0.4, 0.5) is 0 Å². The molecule has 1 atom stereocenters. The van der Waals surface area contributed by atoms with Crippen LogP contribution in [-0.4, -0.2) is 42.5 Å². The molecule has 0 aliphatic rings. The second kappa shape index (κ2) is 12.0. The smallest absolute Gasteiger partial charge is 0.261 e. The van der Waals surface area contributed by atoms with Crippen LogP contribution in [0.5, 0.6) is 11.5 Å². The number of nitrogens with one attached hydrogen (secondary N) is 1. The number of amides is 2. The van der Waals surface area contributed by atoms with Crippen molar-refractivity contribution in [2.75, 3.05) is 13.7 Å². The summed E-state index contributed by atoms with van der Waals surface area (Å²) in [4.78, 5) is 27.5. The monoisotopic (exact) mass is 510 g/mol. The van der Waals surface area contributed by atoms with Crippen molar-refractivity contribution in [2.24, 2.45) is 0 Å². The quantitative estimate of drug-likeness (QED) is 0.496. The molecule has 0 bridgehead atoms. The Hall–Kier alpha value is -2.25. The lowest BCUT2D eigenvalue weighted by Gasteiger charge is -2.31. The molecule has 0 saturated heterocycles. The molecule has 1 N–H and O–H groups in total. The average Bonchev–Trinajstić information content (AvgIpc) is 2.72. The van der Waals surface area contributed by atoms with Gasteiger partial charge in [-0.05, 0) is 56.2 Å². The van der Waals surface area contributed by atoms with Crippen LogP contribution in [0.3, 0.4) is 0 Å². The van der Waals surface area contributed by atoms with Crippen molar-refractivity contribution in [1.82, 2.24) is 10.2 Å². The molecule has 0 aliphatic carbocycles. The van der Waals surface area contributed by atoms with Crippen molar-refractivity contribution in [3.05, 3.63) is 57.5 Å². The van der Waals surface area contributed by atoms with Gasteiger partial charge in [0.05, 0.1) is 12.1 Å². The molecule has 31 heavy (non-hydrogen) atoms. The van der Waals surface area contributed by atoms with E-state index < -0.39 is 6.04 Å². The summed E-state index contributed by atoms with van der Waals surface area (Å²) in [5.74, 6) is 0.574. The van der Waals surface area contributed by atoms with E-state index in [-0.39, 0.29) is 31.0 Å². The number of hydrogen-bond acceptors (Lipinski definition) is 4. The topological polar surface area (TPSA) is 67.9 Å². The third-order valence-corrected chi connectivity index (χ3v) is 5.34. The highest BCUT2D eigenvalue weighted by Crippen LogP contribution is 2.28. The van der Waals surface area contributed by atoms with Gasteiger partial charge in [-0.1, -0.05) is 46.6 Å². The van der Waals surface area contributed by atoms with Crippen molar-refractivity contribution in [3.63, 3.8) is 0 Å². The molecule has 1 unspecified atom stereocenters. The number of hydrogen-bond donors (Lipinski definition) is 1. The predicted molar refractivity (Wildman–Crippen MR) is 126 cm³/mol. The Morgan fingerprint density at radius 2 is 1.94 bits per heavy atom. The largest absolute Gasteiger partial charge is 0.497 e. The van der Waals surface area contributed by atoms with Crippen molar-refractivity contribution < 1.29 is 19.1 Å². The number of rotatable bonds is 10. The first-order valence-electron chi connectivity index (χ1n) is 10.1. The molecule has 168 valence electrons. The number of benzene rings is 2. The third-order valence-electron chi connectivity index (χ3n) is 4.55. The molecule has 2 aromatic rings. The highest BCUT2D eigenvalue weighted by atomic mass is 79.9. The molecule has 0 radical (unpaired) electrons. The van der Waals surface area contributed by atoms with Gasteiger partial charge in [-0.3, -0.25) is 9.59 Å². The molecule has 0 heterocycles. The normalized spacial score (nSPS) is 11.7. The first kappa shape index (κ1) is 25.0. The minimum atomic E-state index is -0.634. The van der Waals surface area contributed by atoms with Gasteiger partial charge in [0.15, 0.2) is 6.61 Å². The van der Waals surface area contributed by atoms with Gasteiger partial charge in [-0.15, -0.1) is 0 Å². The van der Waals surface area contributed by atoms with Crippen LogP contribution < -0.4 is 14.8 Å². The number of carbonyl (C=O) groups excluding carboxylic acids is 2. The molecule has 0 spiro atoms. The first-order chi connectivity index (χ1) is 14.7. The van der Waals surface area contributed by atoms with E-state index in [1.807, 2.05) is 45.0 Å². The summed E-state index contributed by atoms with van der Waals surface area (Å²) in [6.45, 7) is 5.66. The molecule has 0 aliphatic heterocycles. The molecule has 0 fully saturated rings. The highest BCUT2D eigenvalue weighted by molar-refractivity contribution is 9.10. The van der Waals surface area contributed by atoms with Crippen LogP contribution in [0.15, 0.2) is 46.9 Å². The van der Waals surface area contributed by atoms with Crippen molar-refractivity contribution >= 4 is 39.3 Å². The average molecular weight is 512 g/mol. The summed E-state index contributed by atoms with van der Waals surface area (Å²) in [6, 6.07) is 11.9. The van der Waals surface area contributed by atoms with E-state index in [1.165, 1.54) is 0 Å². The molecular formula is C23H28BrClN2O4. The summed E-state index contributed by atoms with van der Waals surface area (Å²) < 4.78 is 11.8. The highest BCUT2D eigenvalue weighted by Gasteiger charge is 2.29. The van der Waals surface area contributed by atoms with Crippen molar-refractivity contribution in [1.29, 1.82) is 0 Å². The Balaban J connectivity index is 2.25. The maximum absolute atomic E-state index is 13.2. The number of ether oxygens (including phenoxy) is 2. The number of methoxy groups -OCH3 is 1. The van der Waals surface area contributed by atoms with Crippen LogP contribution in [-0.2, 0) is 16.1 Å². The zero-order valence-electron chi connectivity index (χ0n) is 18.2. The summed E-state index contributed by atoms with van der Waals surface area (Å²) >= 11 is 9.54. The van der Waals surface area contributed by atoms with E-state index in [0.717, 1.165) is 10.0 Å². The number of carbonyl (C=O) groups is 2. The summed E-state index contributed by atoms with van der Waals surface area (Å²) in [5.41, 5.74) is 0.852. The van der Waals surface area contributed by atoms with E-state index >= 15 is 0 Å². The minimum Gasteiger partial charge on any atom is -0.497 e. The molecule has 0 saturated carbocycles. The van der Waals surface area contributed by atoms with Crippen LogP contribution in [0, 0.1) is 0 Å². The maximum atomic E-state index is 13.2. The molecule has 6 nitrogen and oxygen atoms in total. The standard InChI is InChI=1S/C23H28BrClN2O4/c1-5-20(23(29)26-15(2)3)27(13-16-7-6-8-18(11-16)30-4)22(28)14-31-21-10-9-17(24)12-19(21)25/h6-12,15,20H,5,13-14H2,1-4H3,(H,26,29). The Morgan fingerprint density at radius 1 is 1.19 bits per heavy atom. The Bertz CT molecular complexity index is 907. The summed E-state index contributed by atoms with van der Waals surface area (Å²) in [6.07, 6.45) is 0.466. The molecule has 0 aromatic heterocycles. The second-order valence-corrected chi connectivity index (χ2v) is 8.65. The maximum Gasteiger partial charge on any atom is 0.261 e. The molecular weight excluding hydrogens is 484 g/mol. The van der Waals surface area contributed by atoms with Crippen LogP contribution in [0.25, 0.3) is 0 Å². The summed E-state index contributed by atoms with van der Waals surface area (Å²) in [5, 5.41) is 3.30. The lowest BCUT2D eigenvalue weighted by atomic mass is 10.1. The minimum absolute atomic E-state index is 0.0341. The Morgan fingerprint density at radius 3 is 2.55 bits per heavy atom. The van der Waals surface area contributed by atoms with E-state index in [4.69, 9.17) is 21.1 Å². The van der Waals surface area contributed by atoms with Crippen molar-refractivity contribution in [2.45, 2.75) is 45.8 Å². The van der Waals surface area contributed by atoms with Crippen LogP contribution >= 0.6 is 27.5 Å². The van der Waals surface area contributed by atoms with Gasteiger partial charge in [0.2, 0.25) is 5.91 Å². The predicted octanol–water partition coefficient (Wildman–Crippen LogP) is 4.82. The Kier molecular flexibility index (Phi) is 9.65. The fraction of sp³-hybridized carbons (Fsp3) is 0.391. The fourth-order valence-electron chi connectivity index (χ4n) is 3.08. The fourth-order valence-corrected chi connectivity index (χ4v) is 3.81. The zero-order chi connectivity index (χ0) is 23.0.